The Morgan fingerprint density at radius 1 is 1.36 bits per heavy atom. The quantitative estimate of drug-likeness (QED) is 0.855. The number of aryl methyl sites for hydroxylation is 1. The van der Waals surface area contributed by atoms with E-state index in [4.69, 9.17) is 9.26 Å². The summed E-state index contributed by atoms with van der Waals surface area (Å²) in [5.41, 5.74) is 1.75. The standard InChI is InChI=1S/C16H19N3O3/c1-11-7-15(19-22-11)18-16(20)17-14-4-2-3-13(8-14)10-21-9-12-5-6-12/h2-4,7-8,12H,5-6,9-10H2,1H3,(H2,17,18,19,20). The van der Waals surface area contributed by atoms with Crippen LogP contribution in [0.1, 0.15) is 24.2 Å². The molecule has 22 heavy (non-hydrogen) atoms. The Morgan fingerprint density at radius 2 is 2.23 bits per heavy atom. The van der Waals surface area contributed by atoms with Gasteiger partial charge in [-0.05, 0) is 43.4 Å². The van der Waals surface area contributed by atoms with Crippen molar-refractivity contribution in [2.24, 2.45) is 5.92 Å². The molecular formula is C16H19N3O3. The summed E-state index contributed by atoms with van der Waals surface area (Å²) in [6.07, 6.45) is 2.56. The van der Waals surface area contributed by atoms with Gasteiger partial charge in [0.25, 0.3) is 0 Å². The van der Waals surface area contributed by atoms with Crippen LogP contribution in [0.2, 0.25) is 0 Å². The third kappa shape index (κ3) is 4.33. The van der Waals surface area contributed by atoms with Crippen LogP contribution in [-0.2, 0) is 11.3 Å². The molecule has 0 aliphatic heterocycles. The van der Waals surface area contributed by atoms with Crippen LogP contribution in [0, 0.1) is 12.8 Å². The monoisotopic (exact) mass is 301 g/mol. The van der Waals surface area contributed by atoms with Crippen molar-refractivity contribution in [1.29, 1.82) is 0 Å². The predicted octanol–water partition coefficient (Wildman–Crippen LogP) is 3.55. The summed E-state index contributed by atoms with van der Waals surface area (Å²) in [7, 11) is 0. The molecule has 1 aromatic heterocycles. The van der Waals surface area contributed by atoms with Crippen LogP contribution < -0.4 is 10.6 Å². The fraction of sp³-hybridized carbons (Fsp3) is 0.375. The van der Waals surface area contributed by atoms with Crippen LogP contribution in [0.5, 0.6) is 0 Å². The van der Waals surface area contributed by atoms with Crippen LogP contribution in [0.4, 0.5) is 16.3 Å². The number of amides is 2. The first kappa shape index (κ1) is 14.6. The maximum absolute atomic E-state index is 11.9. The summed E-state index contributed by atoms with van der Waals surface area (Å²) in [5, 5.41) is 9.09. The molecule has 2 aromatic rings. The molecule has 6 nitrogen and oxygen atoms in total. The second-order valence-electron chi connectivity index (χ2n) is 5.56. The number of nitrogens with one attached hydrogen (secondary N) is 2. The van der Waals surface area contributed by atoms with Gasteiger partial charge >= 0.3 is 6.03 Å². The van der Waals surface area contributed by atoms with Crippen LogP contribution >= 0.6 is 0 Å². The Labute approximate surface area is 128 Å². The van der Waals surface area contributed by atoms with Crippen molar-refractivity contribution >= 4 is 17.5 Å². The lowest BCUT2D eigenvalue weighted by molar-refractivity contribution is 0.111. The number of nitrogens with zero attached hydrogens (tertiary/aromatic N) is 1. The summed E-state index contributed by atoms with van der Waals surface area (Å²) in [4.78, 5) is 11.9. The molecule has 116 valence electrons. The first-order valence-electron chi connectivity index (χ1n) is 7.37. The van der Waals surface area contributed by atoms with E-state index in [-0.39, 0.29) is 6.03 Å². The number of carbonyl (C=O) groups excluding carboxylic acids is 1. The smallest absolute Gasteiger partial charge is 0.324 e. The summed E-state index contributed by atoms with van der Waals surface area (Å²) in [6.45, 7) is 3.15. The van der Waals surface area contributed by atoms with Crippen molar-refractivity contribution in [2.75, 3.05) is 17.2 Å². The van der Waals surface area contributed by atoms with Crippen LogP contribution in [0.3, 0.4) is 0 Å². The SMILES string of the molecule is Cc1cc(NC(=O)Nc2cccc(COCC3CC3)c2)no1. The Kier molecular flexibility index (Phi) is 4.39. The lowest BCUT2D eigenvalue weighted by Gasteiger charge is -2.08. The fourth-order valence-corrected chi connectivity index (χ4v) is 2.07. The number of anilines is 2. The third-order valence-electron chi connectivity index (χ3n) is 3.37. The molecule has 1 heterocycles. The molecule has 1 saturated carbocycles. The highest BCUT2D eigenvalue weighted by molar-refractivity contribution is 5.99. The van der Waals surface area contributed by atoms with Gasteiger partial charge in [0.1, 0.15) is 5.76 Å². The van der Waals surface area contributed by atoms with Gasteiger partial charge in [0.15, 0.2) is 5.82 Å². The average Bonchev–Trinajstić information content (AvgIpc) is 3.21. The van der Waals surface area contributed by atoms with E-state index in [1.807, 2.05) is 24.3 Å². The summed E-state index contributed by atoms with van der Waals surface area (Å²) < 4.78 is 10.5. The molecule has 1 aromatic carbocycles. The number of ether oxygens (including phenoxy) is 1. The zero-order chi connectivity index (χ0) is 15.4. The van der Waals surface area contributed by atoms with E-state index in [0.717, 1.165) is 18.1 Å². The number of aromatic nitrogens is 1. The van der Waals surface area contributed by atoms with Crippen molar-refractivity contribution < 1.29 is 14.1 Å². The van der Waals surface area contributed by atoms with Gasteiger partial charge in [0.2, 0.25) is 0 Å². The number of hydrogen-bond acceptors (Lipinski definition) is 4. The molecule has 0 saturated heterocycles. The van der Waals surface area contributed by atoms with Crippen molar-refractivity contribution in [2.45, 2.75) is 26.4 Å². The van der Waals surface area contributed by atoms with Crippen LogP contribution in [-0.4, -0.2) is 17.8 Å². The second-order valence-corrected chi connectivity index (χ2v) is 5.56. The lowest BCUT2D eigenvalue weighted by Crippen LogP contribution is -2.19. The highest BCUT2D eigenvalue weighted by atomic mass is 16.5. The van der Waals surface area contributed by atoms with Gasteiger partial charge in [-0.25, -0.2) is 4.79 Å². The first-order chi connectivity index (χ1) is 10.7. The molecule has 0 spiro atoms. The van der Waals surface area contributed by atoms with E-state index in [1.165, 1.54) is 12.8 Å². The van der Waals surface area contributed by atoms with E-state index >= 15 is 0 Å². The van der Waals surface area contributed by atoms with Gasteiger partial charge in [-0.2, -0.15) is 0 Å². The zero-order valence-electron chi connectivity index (χ0n) is 12.5. The Hall–Kier alpha value is -2.34. The van der Waals surface area contributed by atoms with Gasteiger partial charge in [-0.1, -0.05) is 17.3 Å². The van der Waals surface area contributed by atoms with Crippen molar-refractivity contribution in [3.63, 3.8) is 0 Å². The lowest BCUT2D eigenvalue weighted by atomic mass is 10.2. The number of benzene rings is 1. The van der Waals surface area contributed by atoms with Gasteiger partial charge in [0, 0.05) is 18.4 Å². The minimum Gasteiger partial charge on any atom is -0.376 e. The zero-order valence-corrected chi connectivity index (χ0v) is 12.5. The largest absolute Gasteiger partial charge is 0.376 e. The number of urea groups is 1. The molecule has 0 bridgehead atoms. The van der Waals surface area contributed by atoms with Crippen molar-refractivity contribution in [3.05, 3.63) is 41.7 Å². The molecular weight excluding hydrogens is 282 g/mol. The van der Waals surface area contributed by atoms with Crippen LogP contribution in [0.25, 0.3) is 0 Å². The van der Waals surface area contributed by atoms with E-state index in [9.17, 15) is 4.79 Å². The van der Waals surface area contributed by atoms with E-state index in [1.54, 1.807) is 13.0 Å². The highest BCUT2D eigenvalue weighted by Crippen LogP contribution is 2.29. The van der Waals surface area contributed by atoms with Crippen LogP contribution in [0.15, 0.2) is 34.9 Å². The Morgan fingerprint density at radius 3 is 2.95 bits per heavy atom. The molecule has 0 unspecified atom stereocenters. The Balaban J connectivity index is 1.51. The van der Waals surface area contributed by atoms with Gasteiger partial charge in [0.05, 0.1) is 6.61 Å². The highest BCUT2D eigenvalue weighted by Gasteiger charge is 2.21. The van der Waals surface area contributed by atoms with Gasteiger partial charge in [-0.3, -0.25) is 5.32 Å². The molecule has 0 atom stereocenters. The van der Waals surface area contributed by atoms with E-state index in [0.29, 0.717) is 23.9 Å². The van der Waals surface area contributed by atoms with Gasteiger partial charge < -0.3 is 14.6 Å². The van der Waals surface area contributed by atoms with E-state index in [2.05, 4.69) is 15.8 Å². The molecule has 1 fully saturated rings. The summed E-state index contributed by atoms with van der Waals surface area (Å²) in [6, 6.07) is 8.91. The molecule has 1 aliphatic carbocycles. The normalized spacial score (nSPS) is 13.9. The Bertz CT molecular complexity index is 650. The van der Waals surface area contributed by atoms with Gasteiger partial charge in [-0.15, -0.1) is 0 Å². The second kappa shape index (κ2) is 6.62. The maximum Gasteiger partial charge on any atom is 0.324 e. The number of carbonyl (C=O) groups is 1. The predicted molar refractivity (Wildman–Crippen MR) is 82.7 cm³/mol. The topological polar surface area (TPSA) is 76.4 Å². The number of hydrogen-bond donors (Lipinski definition) is 2. The average molecular weight is 301 g/mol. The summed E-state index contributed by atoms with van der Waals surface area (Å²) >= 11 is 0. The van der Waals surface area contributed by atoms with Crippen molar-refractivity contribution in [1.82, 2.24) is 5.16 Å². The molecule has 0 radical (unpaired) electrons. The third-order valence-corrected chi connectivity index (χ3v) is 3.37. The van der Waals surface area contributed by atoms with Crippen molar-refractivity contribution in [3.8, 4) is 0 Å². The molecule has 1 aliphatic rings. The van der Waals surface area contributed by atoms with E-state index < -0.39 is 0 Å². The minimum absolute atomic E-state index is 0.357. The minimum atomic E-state index is -0.357. The molecule has 6 heteroatoms. The first-order valence-corrected chi connectivity index (χ1v) is 7.37. The summed E-state index contributed by atoms with van der Waals surface area (Å²) in [5.74, 6) is 1.78. The number of rotatable bonds is 6. The maximum atomic E-state index is 11.9. The molecule has 2 N–H and O–H groups in total. The molecule has 2 amide bonds. The molecule has 3 rings (SSSR count). The fourth-order valence-electron chi connectivity index (χ4n) is 2.07.